The minimum atomic E-state index is -0.206. The summed E-state index contributed by atoms with van der Waals surface area (Å²) in [7, 11) is 1.75. The number of ketones is 1. The van der Waals surface area contributed by atoms with E-state index in [4.69, 9.17) is 0 Å². The predicted molar refractivity (Wildman–Crippen MR) is 66.6 cm³/mol. The zero-order valence-corrected chi connectivity index (χ0v) is 11.1. The van der Waals surface area contributed by atoms with Crippen LogP contribution in [-0.2, 0) is 14.4 Å². The van der Waals surface area contributed by atoms with Crippen LogP contribution in [0.4, 0.5) is 0 Å². The number of amides is 1. The number of aldehydes is 1. The topological polar surface area (TPSA) is 54.5 Å². The maximum atomic E-state index is 11.6. The first kappa shape index (κ1) is 15.8. The van der Waals surface area contributed by atoms with E-state index < -0.39 is 0 Å². The van der Waals surface area contributed by atoms with Crippen molar-refractivity contribution in [2.75, 3.05) is 13.6 Å². The van der Waals surface area contributed by atoms with Gasteiger partial charge in [0.1, 0.15) is 12.1 Å². The number of unbranched alkanes of at least 4 members (excludes halogenated alkanes) is 2. The summed E-state index contributed by atoms with van der Waals surface area (Å²) in [4.78, 5) is 34.4. The molecule has 0 N–H and O–H groups in total. The van der Waals surface area contributed by atoms with Crippen LogP contribution < -0.4 is 0 Å². The van der Waals surface area contributed by atoms with Crippen LogP contribution in [0.25, 0.3) is 0 Å². The van der Waals surface area contributed by atoms with Gasteiger partial charge in [0.05, 0.1) is 0 Å². The standard InChI is InChI=1S/C13H23NO3/c1-11(10-15)9-13(17)14(3)8-6-4-5-7-12(2)16/h10-11H,4-9H2,1-3H3. The summed E-state index contributed by atoms with van der Waals surface area (Å²) in [5.74, 6) is 0.0214. The Morgan fingerprint density at radius 3 is 2.41 bits per heavy atom. The number of Topliss-reactive ketones (excluding diaryl/α,β-unsaturated/α-hetero) is 1. The molecule has 0 aromatic rings. The van der Waals surface area contributed by atoms with Crippen LogP contribution >= 0.6 is 0 Å². The molecule has 0 aromatic heterocycles. The summed E-state index contributed by atoms with van der Waals surface area (Å²) in [6, 6.07) is 0. The number of carbonyl (C=O) groups is 3. The Labute approximate surface area is 103 Å². The summed E-state index contributed by atoms with van der Waals surface area (Å²) >= 11 is 0. The largest absolute Gasteiger partial charge is 0.346 e. The third-order valence-electron chi connectivity index (χ3n) is 2.68. The molecule has 4 nitrogen and oxygen atoms in total. The highest BCUT2D eigenvalue weighted by molar-refractivity contribution is 5.78. The molecular formula is C13H23NO3. The molecule has 0 aromatic carbocycles. The fourth-order valence-corrected chi connectivity index (χ4v) is 1.50. The van der Waals surface area contributed by atoms with Gasteiger partial charge in [0.15, 0.2) is 0 Å². The molecule has 0 heterocycles. The van der Waals surface area contributed by atoms with Crippen LogP contribution in [0.15, 0.2) is 0 Å². The molecule has 98 valence electrons. The van der Waals surface area contributed by atoms with E-state index in [1.54, 1.807) is 25.8 Å². The first-order valence-corrected chi connectivity index (χ1v) is 6.16. The van der Waals surface area contributed by atoms with Crippen LogP contribution in [0.2, 0.25) is 0 Å². The van der Waals surface area contributed by atoms with Crippen molar-refractivity contribution >= 4 is 18.0 Å². The molecule has 0 saturated heterocycles. The number of hydrogen-bond acceptors (Lipinski definition) is 3. The van der Waals surface area contributed by atoms with Crippen LogP contribution in [0.1, 0.15) is 46.0 Å². The number of nitrogens with zero attached hydrogens (tertiary/aromatic N) is 1. The molecule has 0 fully saturated rings. The molecule has 0 rings (SSSR count). The van der Waals surface area contributed by atoms with Gasteiger partial charge in [0.2, 0.25) is 5.91 Å². The Balaban J connectivity index is 3.63. The van der Waals surface area contributed by atoms with Gasteiger partial charge in [0, 0.05) is 32.4 Å². The summed E-state index contributed by atoms with van der Waals surface area (Å²) in [5, 5.41) is 0. The van der Waals surface area contributed by atoms with Crippen LogP contribution in [0.3, 0.4) is 0 Å². The van der Waals surface area contributed by atoms with Crippen molar-refractivity contribution in [1.82, 2.24) is 4.90 Å². The van der Waals surface area contributed by atoms with E-state index in [-0.39, 0.29) is 24.0 Å². The van der Waals surface area contributed by atoms with E-state index in [0.717, 1.165) is 25.5 Å². The second kappa shape index (κ2) is 8.90. The van der Waals surface area contributed by atoms with Gasteiger partial charge in [-0.05, 0) is 19.8 Å². The van der Waals surface area contributed by atoms with E-state index in [0.29, 0.717) is 13.0 Å². The SMILES string of the molecule is CC(=O)CCCCCN(C)C(=O)CC(C)C=O. The van der Waals surface area contributed by atoms with Gasteiger partial charge in [-0.3, -0.25) is 4.79 Å². The number of hydrogen-bond donors (Lipinski definition) is 0. The van der Waals surface area contributed by atoms with E-state index in [9.17, 15) is 14.4 Å². The van der Waals surface area contributed by atoms with Crippen molar-refractivity contribution in [1.29, 1.82) is 0 Å². The highest BCUT2D eigenvalue weighted by Crippen LogP contribution is 2.05. The monoisotopic (exact) mass is 241 g/mol. The molecule has 1 unspecified atom stereocenters. The van der Waals surface area contributed by atoms with Crippen LogP contribution in [0.5, 0.6) is 0 Å². The second-order valence-corrected chi connectivity index (χ2v) is 4.65. The Morgan fingerprint density at radius 1 is 1.24 bits per heavy atom. The maximum absolute atomic E-state index is 11.6. The highest BCUT2D eigenvalue weighted by atomic mass is 16.2. The minimum Gasteiger partial charge on any atom is -0.346 e. The van der Waals surface area contributed by atoms with Gasteiger partial charge in [-0.25, -0.2) is 0 Å². The summed E-state index contributed by atoms with van der Waals surface area (Å²) in [5.41, 5.74) is 0. The summed E-state index contributed by atoms with van der Waals surface area (Å²) in [6.07, 6.45) is 4.47. The molecule has 0 aliphatic heterocycles. The minimum absolute atomic E-state index is 0.0103. The smallest absolute Gasteiger partial charge is 0.223 e. The molecule has 1 atom stereocenters. The molecule has 4 heteroatoms. The molecule has 0 saturated carbocycles. The Kier molecular flexibility index (Phi) is 8.28. The maximum Gasteiger partial charge on any atom is 0.223 e. The lowest BCUT2D eigenvalue weighted by molar-refractivity contribution is -0.132. The molecule has 1 amide bonds. The summed E-state index contributed by atoms with van der Waals surface area (Å²) < 4.78 is 0. The Hall–Kier alpha value is -1.19. The fraction of sp³-hybridized carbons (Fsp3) is 0.769. The molecular weight excluding hydrogens is 218 g/mol. The van der Waals surface area contributed by atoms with Gasteiger partial charge in [-0.15, -0.1) is 0 Å². The molecule has 0 spiro atoms. The first-order valence-electron chi connectivity index (χ1n) is 6.16. The number of carbonyl (C=O) groups excluding carboxylic acids is 3. The van der Waals surface area contributed by atoms with E-state index >= 15 is 0 Å². The lowest BCUT2D eigenvalue weighted by atomic mass is 10.1. The van der Waals surface area contributed by atoms with E-state index in [2.05, 4.69) is 0 Å². The van der Waals surface area contributed by atoms with Gasteiger partial charge in [-0.2, -0.15) is 0 Å². The predicted octanol–water partition coefficient (Wildman–Crippen LogP) is 1.82. The van der Waals surface area contributed by atoms with Crippen molar-refractivity contribution in [3.63, 3.8) is 0 Å². The van der Waals surface area contributed by atoms with Crippen molar-refractivity contribution < 1.29 is 14.4 Å². The van der Waals surface area contributed by atoms with Gasteiger partial charge in [-0.1, -0.05) is 13.3 Å². The number of rotatable bonds is 9. The van der Waals surface area contributed by atoms with Gasteiger partial charge in [0.25, 0.3) is 0 Å². The van der Waals surface area contributed by atoms with Gasteiger partial charge < -0.3 is 14.5 Å². The van der Waals surface area contributed by atoms with Crippen LogP contribution in [0, 0.1) is 5.92 Å². The average molecular weight is 241 g/mol. The fourth-order valence-electron chi connectivity index (χ4n) is 1.50. The second-order valence-electron chi connectivity index (χ2n) is 4.65. The van der Waals surface area contributed by atoms with Crippen molar-refractivity contribution in [3.8, 4) is 0 Å². The lowest BCUT2D eigenvalue weighted by Gasteiger charge is -2.17. The molecule has 0 bridgehead atoms. The average Bonchev–Trinajstić information content (AvgIpc) is 2.27. The van der Waals surface area contributed by atoms with Crippen molar-refractivity contribution in [3.05, 3.63) is 0 Å². The third-order valence-corrected chi connectivity index (χ3v) is 2.68. The Morgan fingerprint density at radius 2 is 1.88 bits per heavy atom. The molecule has 0 aliphatic carbocycles. The third kappa shape index (κ3) is 8.60. The molecule has 0 aliphatic rings. The quantitative estimate of drug-likeness (QED) is 0.457. The van der Waals surface area contributed by atoms with Crippen molar-refractivity contribution in [2.45, 2.75) is 46.0 Å². The van der Waals surface area contributed by atoms with Gasteiger partial charge >= 0.3 is 0 Å². The molecule has 0 radical (unpaired) electrons. The zero-order chi connectivity index (χ0) is 13.3. The zero-order valence-electron chi connectivity index (χ0n) is 11.1. The Bertz CT molecular complexity index is 263. The van der Waals surface area contributed by atoms with E-state index in [1.165, 1.54) is 0 Å². The molecule has 17 heavy (non-hydrogen) atoms. The summed E-state index contributed by atoms with van der Waals surface area (Å²) in [6.45, 7) is 4.03. The van der Waals surface area contributed by atoms with Crippen molar-refractivity contribution in [2.24, 2.45) is 5.92 Å². The normalized spacial score (nSPS) is 11.9. The van der Waals surface area contributed by atoms with E-state index in [1.807, 2.05) is 0 Å². The first-order chi connectivity index (χ1) is 7.97. The highest BCUT2D eigenvalue weighted by Gasteiger charge is 2.12. The van der Waals surface area contributed by atoms with Crippen LogP contribution in [-0.4, -0.2) is 36.5 Å². The lowest BCUT2D eigenvalue weighted by Crippen LogP contribution is -2.29.